The summed E-state index contributed by atoms with van der Waals surface area (Å²) in [5.74, 6) is -55.5. The van der Waals surface area contributed by atoms with Crippen LogP contribution in [0.2, 0.25) is 0 Å². The number of halogens is 17. The molecule has 0 amide bonds. The molecule has 0 nitrogen and oxygen atoms in total. The molecule has 0 bridgehead atoms. The molecule has 188 valence electrons. The van der Waals surface area contributed by atoms with Gasteiger partial charge in [-0.05, 0) is 0 Å². The van der Waals surface area contributed by atoms with E-state index >= 15 is 0 Å². The molecule has 0 saturated carbocycles. The minimum Gasteiger partial charge on any atom is -0.366 e. The zero-order valence-corrected chi connectivity index (χ0v) is 15.7. The summed E-state index contributed by atoms with van der Waals surface area (Å²) in [5, 5.41) is 0. The Balaban J connectivity index is 0.0000109. The molecule has 0 aromatic heterocycles. The van der Waals surface area contributed by atoms with Crippen molar-refractivity contribution in [2.45, 2.75) is 47.6 Å². The Kier molecular flexibility index (Phi) is 8.23. The number of hydrogen-bond donors (Lipinski definition) is 0. The van der Waals surface area contributed by atoms with Crippen LogP contribution in [0.25, 0.3) is 0 Å². The van der Waals surface area contributed by atoms with Gasteiger partial charge >= 0.3 is 66.5 Å². The van der Waals surface area contributed by atoms with Crippen LogP contribution in [0, 0.1) is 12.3 Å². The summed E-state index contributed by atoms with van der Waals surface area (Å²) in [7, 11) is 0. The zero-order chi connectivity index (χ0) is 26.7. The maximum absolute atomic E-state index is 14.0. The van der Waals surface area contributed by atoms with Gasteiger partial charge in [-0.15, -0.1) is 17.7 Å². The van der Waals surface area contributed by atoms with Crippen molar-refractivity contribution in [1.29, 1.82) is 0 Å². The quantitative estimate of drug-likeness (QED) is 0.218. The van der Waals surface area contributed by atoms with Crippen LogP contribution in [0.3, 0.4) is 0 Å². The van der Waals surface area contributed by atoms with Gasteiger partial charge in [0, 0.05) is 5.56 Å². The van der Waals surface area contributed by atoms with E-state index in [2.05, 4.69) is 0 Å². The van der Waals surface area contributed by atoms with E-state index in [0.29, 0.717) is 12.1 Å². The number of hydrogen-bond acceptors (Lipinski definition) is 0. The van der Waals surface area contributed by atoms with E-state index in [4.69, 9.17) is 6.42 Å². The Morgan fingerprint density at radius 3 is 1.24 bits per heavy atom. The molecule has 0 fully saturated rings. The van der Waals surface area contributed by atoms with Gasteiger partial charge in [0.2, 0.25) is 0 Å². The molecular formula is C16H4F17Li. The SMILES string of the molecule is [C-]#Cc1cccc(C(F)(F)C(F)(F)C(F)(F)C(F)(F)C(F)(F)C(F)(F)C(F)(F)C(F)(F)F)c1.[Li+]. The third-order valence-corrected chi connectivity index (χ3v) is 4.09. The molecule has 0 aliphatic carbocycles. The number of rotatable bonds is 7. The summed E-state index contributed by atoms with van der Waals surface area (Å²) < 4.78 is 224. The largest absolute Gasteiger partial charge is 1.00 e. The van der Waals surface area contributed by atoms with Crippen molar-refractivity contribution in [3.63, 3.8) is 0 Å². The number of alkyl halides is 17. The molecule has 0 aliphatic rings. The average Bonchev–Trinajstić information content (AvgIpc) is 2.66. The van der Waals surface area contributed by atoms with Crippen molar-refractivity contribution < 1.29 is 93.5 Å². The maximum Gasteiger partial charge on any atom is 1.00 e. The van der Waals surface area contributed by atoms with Crippen molar-refractivity contribution in [2.75, 3.05) is 0 Å². The van der Waals surface area contributed by atoms with Crippen LogP contribution >= 0.6 is 0 Å². The van der Waals surface area contributed by atoms with E-state index < -0.39 is 58.8 Å². The normalized spacial score (nSPS) is 14.9. The van der Waals surface area contributed by atoms with Crippen LogP contribution < -0.4 is 18.9 Å². The molecular weight excluding hydrogens is 522 g/mol. The van der Waals surface area contributed by atoms with Crippen LogP contribution in [0.5, 0.6) is 0 Å². The Morgan fingerprint density at radius 2 is 0.882 bits per heavy atom. The third-order valence-electron chi connectivity index (χ3n) is 4.09. The van der Waals surface area contributed by atoms with E-state index in [1.54, 1.807) is 0 Å². The predicted octanol–water partition coefficient (Wildman–Crippen LogP) is 4.09. The van der Waals surface area contributed by atoms with Crippen molar-refractivity contribution >= 4 is 0 Å². The van der Waals surface area contributed by atoms with Gasteiger partial charge in [-0.1, -0.05) is 12.1 Å². The third kappa shape index (κ3) is 4.10. The van der Waals surface area contributed by atoms with Gasteiger partial charge < -0.3 is 6.42 Å². The van der Waals surface area contributed by atoms with Gasteiger partial charge in [0.05, 0.1) is 0 Å². The molecule has 0 saturated heterocycles. The fourth-order valence-electron chi connectivity index (χ4n) is 2.14. The molecule has 34 heavy (non-hydrogen) atoms. The molecule has 0 spiro atoms. The maximum atomic E-state index is 14.0. The molecule has 0 unspecified atom stereocenters. The van der Waals surface area contributed by atoms with Crippen LogP contribution in [0.4, 0.5) is 74.6 Å². The minimum atomic E-state index is -8.66. The van der Waals surface area contributed by atoms with Crippen LogP contribution in [-0.4, -0.2) is 41.7 Å². The van der Waals surface area contributed by atoms with E-state index in [1.165, 1.54) is 5.92 Å². The molecule has 0 N–H and O–H groups in total. The van der Waals surface area contributed by atoms with E-state index in [0.717, 1.165) is 0 Å². The van der Waals surface area contributed by atoms with Gasteiger partial charge in [-0.3, -0.25) is 5.92 Å². The summed E-state index contributed by atoms with van der Waals surface area (Å²) in [6.45, 7) is 0. The summed E-state index contributed by atoms with van der Waals surface area (Å²) in [6, 6.07) is 0.526. The molecule has 18 heteroatoms. The Morgan fingerprint density at radius 1 is 0.529 bits per heavy atom. The Bertz CT molecular complexity index is 922. The molecule has 1 rings (SSSR count). The first-order valence-corrected chi connectivity index (χ1v) is 7.53. The first-order chi connectivity index (χ1) is 14.3. The van der Waals surface area contributed by atoms with Crippen LogP contribution in [0.15, 0.2) is 24.3 Å². The van der Waals surface area contributed by atoms with Gasteiger partial charge in [0.1, 0.15) is 0 Å². The molecule has 0 atom stereocenters. The zero-order valence-electron chi connectivity index (χ0n) is 15.7. The van der Waals surface area contributed by atoms with Crippen LogP contribution in [-0.2, 0) is 5.92 Å². The van der Waals surface area contributed by atoms with Gasteiger partial charge in [0.25, 0.3) is 0 Å². The molecule has 1 aromatic carbocycles. The fourth-order valence-corrected chi connectivity index (χ4v) is 2.14. The Hall–Kier alpha value is -1.81. The topological polar surface area (TPSA) is 0 Å². The second-order valence-corrected chi connectivity index (χ2v) is 6.22. The van der Waals surface area contributed by atoms with Crippen molar-refractivity contribution in [2.24, 2.45) is 0 Å². The standard InChI is InChI=1S/C16H4F17.Li/c1-2-7-4-3-5-8(6-7)9(17,18)10(19,20)11(21,22)12(23,24)13(25,26)14(27,28)15(29,30)16(31,32)33;/h3-6H;/q-1;+1. The fraction of sp³-hybridized carbons (Fsp3) is 0.500. The van der Waals surface area contributed by atoms with E-state index in [1.807, 2.05) is 0 Å². The van der Waals surface area contributed by atoms with E-state index in [9.17, 15) is 74.6 Å². The summed E-state index contributed by atoms with van der Waals surface area (Å²) in [5.41, 5.74) is -3.27. The molecule has 0 aliphatic heterocycles. The first kappa shape index (κ1) is 32.2. The Labute approximate surface area is 189 Å². The van der Waals surface area contributed by atoms with Gasteiger partial charge in [-0.2, -0.15) is 74.6 Å². The smallest absolute Gasteiger partial charge is 0.366 e. The first-order valence-electron chi connectivity index (χ1n) is 7.53. The second-order valence-electron chi connectivity index (χ2n) is 6.22. The van der Waals surface area contributed by atoms with Crippen molar-refractivity contribution in [3.05, 3.63) is 41.8 Å². The van der Waals surface area contributed by atoms with Crippen molar-refractivity contribution in [3.8, 4) is 5.92 Å². The minimum absolute atomic E-state index is 0. The van der Waals surface area contributed by atoms with E-state index in [-0.39, 0.29) is 31.0 Å². The summed E-state index contributed by atoms with van der Waals surface area (Å²) in [4.78, 5) is 0. The second kappa shape index (κ2) is 8.69. The molecule has 0 heterocycles. The summed E-state index contributed by atoms with van der Waals surface area (Å²) >= 11 is 0. The predicted molar refractivity (Wildman–Crippen MR) is 72.3 cm³/mol. The number of benzene rings is 1. The average molecular weight is 526 g/mol. The summed E-state index contributed by atoms with van der Waals surface area (Å²) in [6.07, 6.45) is -1.20. The van der Waals surface area contributed by atoms with Gasteiger partial charge in [-0.25, -0.2) is 0 Å². The molecule has 1 aromatic rings. The van der Waals surface area contributed by atoms with Crippen LogP contribution in [0.1, 0.15) is 11.1 Å². The van der Waals surface area contributed by atoms with Gasteiger partial charge in [0.15, 0.2) is 0 Å². The monoisotopic (exact) mass is 526 g/mol. The van der Waals surface area contributed by atoms with Crippen molar-refractivity contribution in [1.82, 2.24) is 0 Å². The molecule has 0 radical (unpaired) electrons.